The van der Waals surface area contributed by atoms with Gasteiger partial charge in [-0.3, -0.25) is 9.69 Å². The maximum atomic E-state index is 12.5. The summed E-state index contributed by atoms with van der Waals surface area (Å²) in [4.78, 5) is 24.4. The largest absolute Gasteiger partial charge is 0.406 e. The number of nitrogens with one attached hydrogen (secondary N) is 1. The van der Waals surface area contributed by atoms with Gasteiger partial charge in [0.25, 0.3) is 5.91 Å². The van der Waals surface area contributed by atoms with Gasteiger partial charge in [-0.25, -0.2) is 4.79 Å². The number of nitriles is 1. The number of urea groups is 1. The Labute approximate surface area is 112 Å². The molecule has 1 N–H and O–H groups in total. The van der Waals surface area contributed by atoms with Gasteiger partial charge in [-0.2, -0.15) is 18.4 Å². The van der Waals surface area contributed by atoms with Crippen molar-refractivity contribution in [1.82, 2.24) is 10.2 Å². The number of hydrogen-bond donors (Lipinski definition) is 1. The smallest absolute Gasteiger partial charge is 0.381 e. The van der Waals surface area contributed by atoms with Gasteiger partial charge in [0, 0.05) is 26.1 Å². The molecule has 0 radical (unpaired) electrons. The van der Waals surface area contributed by atoms with E-state index in [2.05, 4.69) is 5.32 Å². The Hall–Kier alpha value is -1.82. The van der Waals surface area contributed by atoms with Crippen LogP contribution < -0.4 is 5.32 Å². The van der Waals surface area contributed by atoms with Crippen molar-refractivity contribution in [2.45, 2.75) is 24.6 Å². The van der Waals surface area contributed by atoms with Crippen LogP contribution in [-0.2, 0) is 9.53 Å². The molecule has 0 saturated carbocycles. The number of halogens is 3. The molecule has 0 aromatic heterocycles. The number of rotatable bonds is 2. The lowest BCUT2D eigenvalue weighted by atomic mass is 9.90. The van der Waals surface area contributed by atoms with Crippen molar-refractivity contribution >= 4 is 11.9 Å². The standard InChI is InChI=1S/C11H12F3N3O3/c12-11(13,14)7(5-15)6-17-8(18)10(16-9(17)19)1-3-20-4-2-10/h7H,1-4,6H2,(H,16,19). The summed E-state index contributed by atoms with van der Waals surface area (Å²) in [5.74, 6) is -3.09. The first-order valence-electron chi connectivity index (χ1n) is 5.98. The number of carbonyl (C=O) groups is 2. The predicted molar refractivity (Wildman–Crippen MR) is 58.2 cm³/mol. The molecule has 2 fully saturated rings. The molecule has 0 aromatic carbocycles. The lowest BCUT2D eigenvalue weighted by Crippen LogP contribution is -2.51. The molecule has 6 nitrogen and oxygen atoms in total. The zero-order chi connectivity index (χ0) is 15.0. The highest BCUT2D eigenvalue weighted by Gasteiger charge is 2.54. The van der Waals surface area contributed by atoms with E-state index in [1.807, 2.05) is 0 Å². The molecule has 2 saturated heterocycles. The van der Waals surface area contributed by atoms with Gasteiger partial charge in [-0.15, -0.1) is 0 Å². The zero-order valence-corrected chi connectivity index (χ0v) is 10.4. The van der Waals surface area contributed by atoms with Crippen molar-refractivity contribution in [3.63, 3.8) is 0 Å². The molecule has 110 valence electrons. The van der Waals surface area contributed by atoms with Gasteiger partial charge < -0.3 is 10.1 Å². The molecule has 1 unspecified atom stereocenters. The molecular formula is C11H12F3N3O3. The molecule has 1 spiro atoms. The summed E-state index contributed by atoms with van der Waals surface area (Å²) in [6.45, 7) is -0.477. The third-order valence-corrected chi connectivity index (χ3v) is 3.51. The summed E-state index contributed by atoms with van der Waals surface area (Å²) in [7, 11) is 0. The van der Waals surface area contributed by atoms with Gasteiger partial charge in [-0.1, -0.05) is 0 Å². The number of hydrogen-bond acceptors (Lipinski definition) is 4. The van der Waals surface area contributed by atoms with Gasteiger partial charge in [0.2, 0.25) is 0 Å². The highest BCUT2D eigenvalue weighted by Crippen LogP contribution is 2.32. The summed E-state index contributed by atoms with van der Waals surface area (Å²) < 4.78 is 42.7. The third kappa shape index (κ3) is 2.43. The van der Waals surface area contributed by atoms with Crippen LogP contribution in [0.25, 0.3) is 0 Å². The Morgan fingerprint density at radius 3 is 2.50 bits per heavy atom. The Kier molecular flexibility index (Phi) is 3.60. The second-order valence-corrected chi connectivity index (χ2v) is 4.76. The minimum atomic E-state index is -4.78. The SMILES string of the molecule is N#CC(CN1C(=O)NC2(CCOCC2)C1=O)C(F)(F)F. The Morgan fingerprint density at radius 2 is 2.00 bits per heavy atom. The third-order valence-electron chi connectivity index (χ3n) is 3.51. The fourth-order valence-corrected chi connectivity index (χ4v) is 2.30. The highest BCUT2D eigenvalue weighted by atomic mass is 19.4. The fraction of sp³-hybridized carbons (Fsp3) is 0.727. The van der Waals surface area contributed by atoms with Gasteiger partial charge >= 0.3 is 12.2 Å². The van der Waals surface area contributed by atoms with E-state index in [0.29, 0.717) is 4.90 Å². The van der Waals surface area contributed by atoms with Gasteiger partial charge in [0.15, 0.2) is 5.92 Å². The minimum absolute atomic E-state index is 0.220. The van der Waals surface area contributed by atoms with E-state index in [1.165, 1.54) is 0 Å². The second-order valence-electron chi connectivity index (χ2n) is 4.76. The van der Waals surface area contributed by atoms with Crippen LogP contribution >= 0.6 is 0 Å². The lowest BCUT2D eigenvalue weighted by Gasteiger charge is -2.30. The van der Waals surface area contributed by atoms with E-state index in [-0.39, 0.29) is 26.1 Å². The average molecular weight is 291 g/mol. The molecule has 0 aromatic rings. The van der Waals surface area contributed by atoms with Crippen LogP contribution in [0, 0.1) is 17.2 Å². The van der Waals surface area contributed by atoms with Crippen molar-refractivity contribution in [1.29, 1.82) is 5.26 Å². The molecule has 2 heterocycles. The number of ether oxygens (including phenoxy) is 1. The van der Waals surface area contributed by atoms with Crippen LogP contribution in [0.2, 0.25) is 0 Å². The van der Waals surface area contributed by atoms with Gasteiger partial charge in [0.05, 0.1) is 12.6 Å². The zero-order valence-electron chi connectivity index (χ0n) is 10.4. The molecule has 0 bridgehead atoms. The lowest BCUT2D eigenvalue weighted by molar-refractivity contribution is -0.163. The van der Waals surface area contributed by atoms with Crippen LogP contribution in [0.3, 0.4) is 0 Å². The van der Waals surface area contributed by atoms with Crippen molar-refractivity contribution < 1.29 is 27.5 Å². The van der Waals surface area contributed by atoms with E-state index in [4.69, 9.17) is 10.00 Å². The van der Waals surface area contributed by atoms with E-state index in [9.17, 15) is 22.8 Å². The van der Waals surface area contributed by atoms with Gasteiger partial charge in [0.1, 0.15) is 5.54 Å². The first-order chi connectivity index (χ1) is 9.30. The van der Waals surface area contributed by atoms with Gasteiger partial charge in [-0.05, 0) is 0 Å². The van der Waals surface area contributed by atoms with Crippen LogP contribution in [0.4, 0.5) is 18.0 Å². The number of alkyl halides is 3. The molecule has 9 heteroatoms. The van der Waals surface area contributed by atoms with Crippen molar-refractivity contribution in [3.8, 4) is 6.07 Å². The summed E-state index contributed by atoms with van der Waals surface area (Å²) in [6, 6.07) is 0.190. The monoisotopic (exact) mass is 291 g/mol. The fourth-order valence-electron chi connectivity index (χ4n) is 2.30. The normalized spacial score (nSPS) is 23.6. The van der Waals surface area contributed by atoms with Crippen LogP contribution in [0.5, 0.6) is 0 Å². The van der Waals surface area contributed by atoms with Crippen LogP contribution in [0.15, 0.2) is 0 Å². The van der Waals surface area contributed by atoms with Crippen LogP contribution in [-0.4, -0.2) is 48.3 Å². The molecule has 20 heavy (non-hydrogen) atoms. The molecule has 1 atom stereocenters. The Bertz CT molecular complexity index is 466. The Morgan fingerprint density at radius 1 is 1.40 bits per heavy atom. The molecule has 2 aliphatic rings. The Balaban J connectivity index is 2.15. The van der Waals surface area contributed by atoms with Crippen molar-refractivity contribution in [2.24, 2.45) is 5.92 Å². The number of imide groups is 1. The average Bonchev–Trinajstić information content (AvgIpc) is 2.58. The van der Waals surface area contributed by atoms with Crippen molar-refractivity contribution in [2.75, 3.05) is 19.8 Å². The molecular weight excluding hydrogens is 279 g/mol. The second kappa shape index (κ2) is 4.94. The topological polar surface area (TPSA) is 82.4 Å². The minimum Gasteiger partial charge on any atom is -0.381 e. The van der Waals surface area contributed by atoms with Crippen molar-refractivity contribution in [3.05, 3.63) is 0 Å². The number of carbonyl (C=O) groups excluding carboxylic acids is 2. The summed E-state index contributed by atoms with van der Waals surface area (Å²) >= 11 is 0. The van der Waals surface area contributed by atoms with E-state index in [0.717, 1.165) is 6.07 Å². The number of nitrogens with zero attached hydrogens (tertiary/aromatic N) is 2. The maximum absolute atomic E-state index is 12.5. The quantitative estimate of drug-likeness (QED) is 0.762. The summed E-state index contributed by atoms with van der Waals surface area (Å²) in [6.07, 6.45) is -4.34. The molecule has 2 aliphatic heterocycles. The summed E-state index contributed by atoms with van der Waals surface area (Å²) in [5.41, 5.74) is -1.18. The maximum Gasteiger partial charge on any atom is 0.406 e. The van der Waals surface area contributed by atoms with E-state index < -0.39 is 36.1 Å². The molecule has 2 rings (SSSR count). The first-order valence-corrected chi connectivity index (χ1v) is 5.98. The summed E-state index contributed by atoms with van der Waals surface area (Å²) in [5, 5.41) is 11.0. The number of amides is 3. The highest BCUT2D eigenvalue weighted by molar-refractivity contribution is 6.07. The first kappa shape index (κ1) is 14.6. The van der Waals surface area contributed by atoms with Crippen LogP contribution in [0.1, 0.15) is 12.8 Å². The van der Waals surface area contributed by atoms with E-state index >= 15 is 0 Å². The predicted octanol–water partition coefficient (Wildman–Crippen LogP) is 0.789. The van der Waals surface area contributed by atoms with E-state index in [1.54, 1.807) is 0 Å². The molecule has 0 aliphatic carbocycles. The molecule has 3 amide bonds.